The molecule has 1 heterocycles. The molecule has 1 aliphatic heterocycles. The lowest BCUT2D eigenvalue weighted by Gasteiger charge is -1.97. The van der Waals surface area contributed by atoms with Crippen LogP contribution in [0.25, 0.3) is 6.08 Å². The van der Waals surface area contributed by atoms with E-state index in [4.69, 9.17) is 0 Å². The van der Waals surface area contributed by atoms with Crippen LogP contribution < -0.4 is 0 Å². The van der Waals surface area contributed by atoms with Gasteiger partial charge in [-0.1, -0.05) is 24.3 Å². The van der Waals surface area contributed by atoms with E-state index in [1.54, 1.807) is 0 Å². The molecule has 0 radical (unpaired) electrons. The maximum absolute atomic E-state index is 4.28. The van der Waals surface area contributed by atoms with Gasteiger partial charge in [0.15, 0.2) is 0 Å². The zero-order valence-corrected chi connectivity index (χ0v) is 7.12. The highest BCUT2D eigenvalue weighted by molar-refractivity contribution is 5.77. The predicted molar refractivity (Wildman–Crippen MR) is 53.0 cm³/mol. The highest BCUT2D eigenvalue weighted by Gasteiger charge is 2.04. The second-order valence-electron chi connectivity index (χ2n) is 2.90. The molecule has 1 heteroatoms. The Bertz CT molecular complexity index is 348. The van der Waals surface area contributed by atoms with E-state index in [0.717, 1.165) is 12.1 Å². The fraction of sp³-hybridized carbons (Fsp3) is 0.182. The number of benzene rings is 1. The maximum Gasteiger partial charge on any atom is 0.0667 e. The van der Waals surface area contributed by atoms with Gasteiger partial charge in [-0.15, -0.1) is 0 Å². The molecular weight excluding hydrogens is 146 g/mol. The standard InChI is InChI=1S/C11H11N/c1-2-3-9-4-5-10-6-7-12-11(10)8-9/h2-5,7-8H,6H2,1H3. The quantitative estimate of drug-likeness (QED) is 0.594. The average Bonchev–Trinajstić information content (AvgIpc) is 2.51. The fourth-order valence-corrected chi connectivity index (χ4v) is 1.41. The number of nitrogens with zero attached hydrogens (tertiary/aromatic N) is 1. The third kappa shape index (κ3) is 1.18. The van der Waals surface area contributed by atoms with Crippen molar-refractivity contribution in [2.45, 2.75) is 13.3 Å². The highest BCUT2D eigenvalue weighted by Crippen LogP contribution is 2.25. The molecule has 1 aliphatic rings. The topological polar surface area (TPSA) is 12.4 Å². The van der Waals surface area contributed by atoms with Crippen molar-refractivity contribution in [1.29, 1.82) is 0 Å². The van der Waals surface area contributed by atoms with Crippen LogP contribution in [0.4, 0.5) is 5.69 Å². The Kier molecular flexibility index (Phi) is 1.78. The monoisotopic (exact) mass is 157 g/mol. The second kappa shape index (κ2) is 2.94. The maximum atomic E-state index is 4.28. The molecule has 0 saturated carbocycles. The van der Waals surface area contributed by atoms with Crippen LogP contribution in [0, 0.1) is 0 Å². The van der Waals surface area contributed by atoms with Gasteiger partial charge in [-0.3, -0.25) is 4.99 Å². The molecule has 0 spiro atoms. The summed E-state index contributed by atoms with van der Waals surface area (Å²) in [7, 11) is 0. The lowest BCUT2D eigenvalue weighted by atomic mass is 10.1. The first-order valence-electron chi connectivity index (χ1n) is 4.18. The summed E-state index contributed by atoms with van der Waals surface area (Å²) in [5, 5.41) is 0. The van der Waals surface area contributed by atoms with Crippen molar-refractivity contribution in [2.24, 2.45) is 4.99 Å². The minimum absolute atomic E-state index is 0.992. The summed E-state index contributed by atoms with van der Waals surface area (Å²) < 4.78 is 0. The van der Waals surface area contributed by atoms with Gasteiger partial charge in [0, 0.05) is 12.6 Å². The van der Waals surface area contributed by atoms with E-state index in [1.807, 2.05) is 19.2 Å². The van der Waals surface area contributed by atoms with Crippen LogP contribution >= 0.6 is 0 Å². The summed E-state index contributed by atoms with van der Waals surface area (Å²) in [6.07, 6.45) is 7.09. The molecule has 12 heavy (non-hydrogen) atoms. The molecule has 0 aromatic heterocycles. The van der Waals surface area contributed by atoms with Crippen molar-refractivity contribution in [3.63, 3.8) is 0 Å². The molecule has 0 N–H and O–H groups in total. The van der Waals surface area contributed by atoms with Crippen LogP contribution in [0.1, 0.15) is 18.1 Å². The van der Waals surface area contributed by atoms with Gasteiger partial charge in [0.2, 0.25) is 0 Å². The van der Waals surface area contributed by atoms with Crippen LogP contribution in [0.15, 0.2) is 29.3 Å². The molecule has 0 saturated heterocycles. The first-order chi connectivity index (χ1) is 5.90. The smallest absolute Gasteiger partial charge is 0.0667 e. The Morgan fingerprint density at radius 1 is 1.42 bits per heavy atom. The molecule has 0 unspecified atom stereocenters. The highest BCUT2D eigenvalue weighted by atomic mass is 14.7. The zero-order valence-electron chi connectivity index (χ0n) is 7.12. The lowest BCUT2D eigenvalue weighted by Crippen LogP contribution is -1.78. The van der Waals surface area contributed by atoms with Crippen molar-refractivity contribution >= 4 is 18.0 Å². The van der Waals surface area contributed by atoms with Crippen molar-refractivity contribution < 1.29 is 0 Å². The molecular formula is C11H11N. The molecule has 0 aliphatic carbocycles. The second-order valence-corrected chi connectivity index (χ2v) is 2.90. The van der Waals surface area contributed by atoms with Crippen molar-refractivity contribution in [2.75, 3.05) is 0 Å². The number of allylic oxidation sites excluding steroid dienone is 1. The van der Waals surface area contributed by atoms with Gasteiger partial charge >= 0.3 is 0 Å². The van der Waals surface area contributed by atoms with Gasteiger partial charge in [0.25, 0.3) is 0 Å². The van der Waals surface area contributed by atoms with E-state index in [2.05, 4.69) is 29.3 Å². The van der Waals surface area contributed by atoms with Crippen molar-refractivity contribution in [3.05, 3.63) is 35.4 Å². The normalized spacial score (nSPS) is 14.1. The summed E-state index contributed by atoms with van der Waals surface area (Å²) in [5.41, 5.74) is 3.70. The summed E-state index contributed by atoms with van der Waals surface area (Å²) >= 11 is 0. The Balaban J connectivity index is 2.44. The molecule has 2 rings (SSSR count). The first-order valence-corrected chi connectivity index (χ1v) is 4.18. The van der Waals surface area contributed by atoms with Gasteiger partial charge in [-0.25, -0.2) is 0 Å². The van der Waals surface area contributed by atoms with E-state index in [9.17, 15) is 0 Å². The number of hydrogen-bond donors (Lipinski definition) is 0. The van der Waals surface area contributed by atoms with E-state index in [1.165, 1.54) is 11.1 Å². The minimum atomic E-state index is 0.992. The predicted octanol–water partition coefficient (Wildman–Crippen LogP) is 2.98. The molecule has 0 amide bonds. The largest absolute Gasteiger partial charge is 0.261 e. The van der Waals surface area contributed by atoms with E-state index in [-0.39, 0.29) is 0 Å². The van der Waals surface area contributed by atoms with Crippen molar-refractivity contribution in [3.8, 4) is 0 Å². The Hall–Kier alpha value is -1.37. The molecule has 0 atom stereocenters. The third-order valence-electron chi connectivity index (χ3n) is 2.01. The number of rotatable bonds is 1. The third-order valence-corrected chi connectivity index (χ3v) is 2.01. The van der Waals surface area contributed by atoms with Gasteiger partial charge in [0.1, 0.15) is 0 Å². The van der Waals surface area contributed by atoms with Crippen LogP contribution in [-0.2, 0) is 6.42 Å². The Morgan fingerprint density at radius 2 is 2.33 bits per heavy atom. The van der Waals surface area contributed by atoms with Gasteiger partial charge in [-0.2, -0.15) is 0 Å². The summed E-state index contributed by atoms with van der Waals surface area (Å²) in [6.45, 7) is 2.02. The SMILES string of the molecule is CC=Cc1ccc2c(c1)N=CC2. The fourth-order valence-electron chi connectivity index (χ4n) is 1.41. The first kappa shape index (κ1) is 7.29. The van der Waals surface area contributed by atoms with Crippen LogP contribution in [0.2, 0.25) is 0 Å². The Labute approximate surface area is 72.5 Å². The van der Waals surface area contributed by atoms with Crippen LogP contribution in [0.3, 0.4) is 0 Å². The molecule has 60 valence electrons. The van der Waals surface area contributed by atoms with Crippen molar-refractivity contribution in [1.82, 2.24) is 0 Å². The van der Waals surface area contributed by atoms with Gasteiger partial charge in [0.05, 0.1) is 5.69 Å². The lowest BCUT2D eigenvalue weighted by molar-refractivity contribution is 1.40. The van der Waals surface area contributed by atoms with E-state index in [0.29, 0.717) is 0 Å². The molecule has 1 aromatic carbocycles. The average molecular weight is 157 g/mol. The van der Waals surface area contributed by atoms with Gasteiger partial charge < -0.3 is 0 Å². The molecule has 0 bridgehead atoms. The Morgan fingerprint density at radius 3 is 3.17 bits per heavy atom. The number of aliphatic imine (C=N–C) groups is 1. The molecule has 1 aromatic rings. The minimum Gasteiger partial charge on any atom is -0.261 e. The van der Waals surface area contributed by atoms with Crippen LogP contribution in [0.5, 0.6) is 0 Å². The summed E-state index contributed by atoms with van der Waals surface area (Å²) in [6, 6.07) is 6.41. The zero-order chi connectivity index (χ0) is 8.39. The van der Waals surface area contributed by atoms with E-state index < -0.39 is 0 Å². The number of fused-ring (bicyclic) bond motifs is 1. The summed E-state index contributed by atoms with van der Waals surface area (Å²) in [5.74, 6) is 0. The summed E-state index contributed by atoms with van der Waals surface area (Å²) in [4.78, 5) is 4.28. The van der Waals surface area contributed by atoms with E-state index >= 15 is 0 Å². The van der Waals surface area contributed by atoms with Gasteiger partial charge in [-0.05, 0) is 24.1 Å². The molecule has 1 nitrogen and oxygen atoms in total. The van der Waals surface area contributed by atoms with Crippen LogP contribution in [-0.4, -0.2) is 6.21 Å². The number of hydrogen-bond acceptors (Lipinski definition) is 1. The molecule has 0 fully saturated rings.